The second-order valence-corrected chi connectivity index (χ2v) is 17.5. The lowest BCUT2D eigenvalue weighted by Gasteiger charge is -2.31. The number of hydrogen-bond donors (Lipinski definition) is 0. The number of alkyl halides is 18. The normalized spacial score (nSPS) is 12.2. The van der Waals surface area contributed by atoms with Crippen LogP contribution in [0.15, 0.2) is 98.2 Å². The molecule has 526 valence electrons. The van der Waals surface area contributed by atoms with Crippen molar-refractivity contribution in [3.8, 4) is 0 Å². The molecule has 0 atom stereocenters. The van der Waals surface area contributed by atoms with E-state index in [1.807, 2.05) is 0 Å². The quantitative estimate of drug-likeness (QED) is 0.0181. The Hall–Kier alpha value is -7.86. The van der Waals surface area contributed by atoms with Crippen LogP contribution in [0.4, 0.5) is 79.0 Å². The zero-order valence-corrected chi connectivity index (χ0v) is 48.7. The molecule has 0 heterocycles. The number of esters is 8. The second-order valence-electron chi connectivity index (χ2n) is 17.5. The third kappa shape index (κ3) is 40.8. The van der Waals surface area contributed by atoms with Crippen molar-refractivity contribution in [3.63, 3.8) is 0 Å². The summed E-state index contributed by atoms with van der Waals surface area (Å²) in [7, 11) is 0. The second kappa shape index (κ2) is 38.2. The van der Waals surface area contributed by atoms with Gasteiger partial charge in [0.1, 0.15) is 13.2 Å². The highest BCUT2D eigenvalue weighted by molar-refractivity contribution is 5.90. The summed E-state index contributed by atoms with van der Waals surface area (Å²) in [6.45, 7) is 14.4. The van der Waals surface area contributed by atoms with E-state index >= 15 is 0 Å². The van der Waals surface area contributed by atoms with Gasteiger partial charge in [0.25, 0.3) is 11.8 Å². The van der Waals surface area contributed by atoms with E-state index in [9.17, 15) is 117 Å². The molecular weight excluding hydrogens is 1320 g/mol. The van der Waals surface area contributed by atoms with Gasteiger partial charge in [-0.2, -0.15) is 52.7 Å². The Labute approximate surface area is 508 Å². The van der Waals surface area contributed by atoms with Gasteiger partial charge in [-0.1, -0.05) is 52.6 Å². The van der Waals surface area contributed by atoms with E-state index in [1.54, 1.807) is 0 Å². The maximum absolute atomic E-state index is 14.2. The number of hydrogen-bond acceptors (Lipinski definition) is 23. The monoisotopic (exact) mass is 1380 g/mol. The maximum atomic E-state index is 14.2. The molecule has 0 aromatic carbocycles. The molecule has 0 aliphatic rings. The summed E-state index contributed by atoms with van der Waals surface area (Å²) in [5, 5.41) is 0. The molecule has 41 heteroatoms. The molecular formula is C51H58F18O23. The van der Waals surface area contributed by atoms with Crippen LogP contribution in [0.1, 0.15) is 54.4 Å². The number of carbonyl (C=O) groups is 8. The molecule has 23 nitrogen and oxygen atoms in total. The highest BCUT2D eigenvalue weighted by atomic mass is 19.3. The first kappa shape index (κ1) is 88.3. The van der Waals surface area contributed by atoms with Gasteiger partial charge in [0.2, 0.25) is 0 Å². The van der Waals surface area contributed by atoms with Crippen LogP contribution in [-0.2, 0) is 109 Å². The minimum absolute atomic E-state index is 0.161. The Morgan fingerprint density at radius 3 is 0.946 bits per heavy atom. The predicted molar refractivity (Wildman–Crippen MR) is 266 cm³/mol. The molecule has 0 saturated heterocycles. The summed E-state index contributed by atoms with van der Waals surface area (Å²) >= 11 is 0. The minimum Gasteiger partial charge on any atom is -0.456 e. The van der Waals surface area contributed by atoms with E-state index in [1.165, 1.54) is 27.7 Å². The van der Waals surface area contributed by atoms with Crippen LogP contribution in [0.3, 0.4) is 0 Å². The lowest BCUT2D eigenvalue weighted by molar-refractivity contribution is -0.566. The fourth-order valence-electron chi connectivity index (χ4n) is 3.92. The molecule has 0 rings (SSSR count). The fraction of sp³-hybridized carbons (Fsp3) is 0.529. The van der Waals surface area contributed by atoms with Crippen molar-refractivity contribution < 1.29 is 188 Å². The number of halogens is 18. The first-order valence-electron chi connectivity index (χ1n) is 24.1. The van der Waals surface area contributed by atoms with Crippen molar-refractivity contribution in [1.82, 2.24) is 0 Å². The molecule has 0 saturated carbocycles. The standard InChI is InChI=1S/C24H30F4O11.C15H14F10O7.C12H14F4O5/c1-13(2)17(29)36-21(37-18(30)14(3)4)33-11-23(25,26)9-10-35-24(27,28)12-34-22(38-19(31)15(5)6)39-20(32)16(7)8;1-7(2)9(26)28-5-11(16,17)30-13(20,21)14(22,23)32-15(24,25)31-12(18,19)6-29-10(27)8(3)4;1-3-9(17)19-7-11(13,14)5-6-21-12(15,16)8-20-10(18)4-2/h21-22H,1,3,5,7,9-12H2,2,4,6,8H3;1,3,5-6H2,2,4H3;3-4H,1-2,5-8H2. The van der Waals surface area contributed by atoms with Gasteiger partial charge in [0, 0.05) is 58.4 Å². The third-order valence-electron chi connectivity index (χ3n) is 8.30. The Morgan fingerprint density at radius 1 is 0.348 bits per heavy atom. The molecule has 0 spiro atoms. The van der Waals surface area contributed by atoms with Crippen molar-refractivity contribution in [1.29, 1.82) is 0 Å². The van der Waals surface area contributed by atoms with Crippen molar-refractivity contribution in [2.45, 2.75) is 122 Å². The Bertz CT molecular complexity index is 2480. The summed E-state index contributed by atoms with van der Waals surface area (Å²) < 4.78 is 299. The van der Waals surface area contributed by atoms with Crippen LogP contribution in [0.25, 0.3) is 0 Å². The molecule has 0 aliphatic heterocycles. The van der Waals surface area contributed by atoms with Crippen LogP contribution in [0.2, 0.25) is 0 Å². The number of ether oxygens (including phenoxy) is 15. The minimum atomic E-state index is -6.71. The Balaban J connectivity index is -0.00000135. The molecule has 0 amide bonds. The zero-order chi connectivity index (χ0) is 72.8. The Kier molecular flexibility index (Phi) is 36.7. The fourth-order valence-corrected chi connectivity index (χ4v) is 3.92. The molecule has 0 aromatic rings. The van der Waals surface area contributed by atoms with Gasteiger partial charge in [-0.25, -0.2) is 70.1 Å². The molecule has 0 N–H and O–H groups in total. The topological polar surface area (TPSA) is 275 Å². The van der Waals surface area contributed by atoms with Gasteiger partial charge in [-0.3, -0.25) is 0 Å². The number of carbonyl (C=O) groups excluding carboxylic acids is 8. The van der Waals surface area contributed by atoms with Crippen LogP contribution in [0, 0.1) is 0 Å². The van der Waals surface area contributed by atoms with E-state index in [4.69, 9.17) is 0 Å². The third-order valence-corrected chi connectivity index (χ3v) is 8.30. The summed E-state index contributed by atoms with van der Waals surface area (Å²) in [4.78, 5) is 89.4. The lowest BCUT2D eigenvalue weighted by Crippen LogP contribution is -2.54. The lowest BCUT2D eigenvalue weighted by atomic mass is 10.2. The average molecular weight is 1380 g/mol. The van der Waals surface area contributed by atoms with Crippen LogP contribution in [-0.4, -0.2) is 168 Å². The van der Waals surface area contributed by atoms with Gasteiger partial charge in [-0.05, 0) is 41.5 Å². The molecule has 0 aliphatic carbocycles. The molecule has 0 aromatic heterocycles. The van der Waals surface area contributed by atoms with Gasteiger partial charge in [0.05, 0.1) is 13.2 Å². The van der Waals surface area contributed by atoms with Gasteiger partial charge in [-0.15, -0.1) is 8.78 Å². The smallest absolute Gasteiger partial charge is 0.456 e. The highest BCUT2D eigenvalue weighted by Gasteiger charge is 2.69. The molecule has 0 radical (unpaired) electrons. The summed E-state index contributed by atoms with van der Waals surface area (Å²) in [5.41, 5.74) is -1.66. The summed E-state index contributed by atoms with van der Waals surface area (Å²) in [6.07, 6.45) is -39.4. The van der Waals surface area contributed by atoms with Crippen molar-refractivity contribution in [2.75, 3.05) is 52.9 Å². The number of rotatable bonds is 41. The van der Waals surface area contributed by atoms with Gasteiger partial charge in [0.15, 0.2) is 26.4 Å². The van der Waals surface area contributed by atoms with Gasteiger partial charge >= 0.3 is 104 Å². The SMILES string of the molecule is C=C(C)C(=O)OC(OCC(F)(F)CCOC(F)(F)COC(OC(=O)C(=C)C)OC(=O)C(=C)C)OC(=O)C(=C)C.C=C(C)C(=O)OCC(F)(F)OC(F)(F)OC(F)(F)C(F)(F)OC(F)(F)COC(=O)C(=C)C.C=CC(=O)OCC(F)(F)CCOC(F)(F)COC(=O)C=C. The Morgan fingerprint density at radius 2 is 0.620 bits per heavy atom. The average Bonchev–Trinajstić information content (AvgIpc) is 0.789. The maximum Gasteiger partial charge on any atom is 0.495 e. The predicted octanol–water partition coefficient (Wildman–Crippen LogP) is 9.97. The summed E-state index contributed by atoms with van der Waals surface area (Å²) in [5.74, 6) is -17.2. The summed E-state index contributed by atoms with van der Waals surface area (Å²) in [6, 6.07) is 0. The first-order chi connectivity index (χ1) is 41.4. The van der Waals surface area contributed by atoms with Crippen LogP contribution < -0.4 is 0 Å². The van der Waals surface area contributed by atoms with Crippen LogP contribution >= 0.6 is 0 Å². The van der Waals surface area contributed by atoms with Crippen molar-refractivity contribution >= 4 is 47.8 Å². The van der Waals surface area contributed by atoms with E-state index in [2.05, 4.69) is 124 Å². The van der Waals surface area contributed by atoms with Crippen molar-refractivity contribution in [3.05, 3.63) is 98.2 Å². The first-order valence-corrected chi connectivity index (χ1v) is 24.1. The molecule has 92 heavy (non-hydrogen) atoms. The van der Waals surface area contributed by atoms with E-state index in [0.29, 0.717) is 12.2 Å². The molecule has 0 bridgehead atoms. The van der Waals surface area contributed by atoms with E-state index in [0.717, 1.165) is 13.8 Å². The molecule has 0 unspecified atom stereocenters. The zero-order valence-electron chi connectivity index (χ0n) is 48.7. The largest absolute Gasteiger partial charge is 0.495 e. The van der Waals surface area contributed by atoms with Crippen molar-refractivity contribution in [2.24, 2.45) is 0 Å². The molecule has 0 fully saturated rings. The highest BCUT2D eigenvalue weighted by Crippen LogP contribution is 2.45. The van der Waals surface area contributed by atoms with Crippen LogP contribution in [0.5, 0.6) is 0 Å². The van der Waals surface area contributed by atoms with E-state index in [-0.39, 0.29) is 22.3 Å². The van der Waals surface area contributed by atoms with E-state index < -0.39 is 192 Å². The van der Waals surface area contributed by atoms with Gasteiger partial charge < -0.3 is 56.8 Å².